The molecule has 28 heavy (non-hydrogen) atoms. The van der Waals surface area contributed by atoms with Gasteiger partial charge in [0.2, 0.25) is 0 Å². The minimum absolute atomic E-state index is 0.261. The summed E-state index contributed by atoms with van der Waals surface area (Å²) in [6.07, 6.45) is 0.294. The molecule has 0 bridgehead atoms. The zero-order valence-electron chi connectivity index (χ0n) is 15.1. The molecule has 0 saturated heterocycles. The number of ether oxygens (including phenoxy) is 2. The van der Waals surface area contributed by atoms with Crippen LogP contribution in [0.2, 0.25) is 0 Å². The highest BCUT2D eigenvalue weighted by molar-refractivity contribution is 9.10. The Morgan fingerprint density at radius 3 is 2.36 bits per heavy atom. The number of carbonyl (C=O) groups is 3. The Morgan fingerprint density at radius 1 is 1.11 bits per heavy atom. The first-order valence-corrected chi connectivity index (χ1v) is 10.3. The van der Waals surface area contributed by atoms with E-state index in [0.29, 0.717) is 23.3 Å². The molecule has 3 atom stereocenters. The predicted octanol–water partition coefficient (Wildman–Crippen LogP) is 4.67. The molecule has 0 amide bonds. The molecule has 2 aromatic rings. The molecule has 2 aromatic carbocycles. The van der Waals surface area contributed by atoms with Crippen molar-refractivity contribution in [3.05, 3.63) is 62.5 Å². The zero-order valence-corrected chi connectivity index (χ0v) is 18.3. The maximum Gasteiger partial charge on any atom is 0.330 e. The number of methoxy groups -OCH3 is 1. The third-order valence-electron chi connectivity index (χ3n) is 5.93. The molecule has 1 aliphatic heterocycles. The first-order chi connectivity index (χ1) is 13.3. The maximum absolute atomic E-state index is 13.7. The predicted molar refractivity (Wildman–Crippen MR) is 108 cm³/mol. The fraction of sp³-hybridized carbons (Fsp3) is 0.286. The lowest BCUT2D eigenvalue weighted by atomic mass is 9.83. The Balaban J connectivity index is 1.95. The number of carbonyl (C=O) groups excluding carboxylic acids is 3. The Hall–Kier alpha value is -1.99. The quantitative estimate of drug-likeness (QED) is 0.260. The second-order valence-electron chi connectivity index (χ2n) is 6.97. The standard InChI is InChI=1S/C21H16Br2O5/c1-3-20(17(24)11-4-6-12(22)7-5-11)16-14-10-13(23)8-9-15(14)28-19(26)21(16,20)18(25)27-2/h4-10,16H,3H2,1-2H3/t16-,20+,21-/m0/s1. The maximum atomic E-state index is 13.7. The van der Waals surface area contributed by atoms with Crippen LogP contribution in [0.5, 0.6) is 5.75 Å². The minimum Gasteiger partial charge on any atom is -0.468 e. The van der Waals surface area contributed by atoms with E-state index in [-0.39, 0.29) is 5.78 Å². The molecular formula is C21H16Br2O5. The molecule has 1 saturated carbocycles. The van der Waals surface area contributed by atoms with Gasteiger partial charge in [0.1, 0.15) is 5.75 Å². The highest BCUT2D eigenvalue weighted by atomic mass is 79.9. The van der Waals surface area contributed by atoms with Crippen LogP contribution < -0.4 is 4.74 Å². The number of Topliss-reactive ketones (excluding diaryl/α,β-unsaturated/α-hetero) is 1. The highest BCUT2D eigenvalue weighted by Gasteiger charge is 2.90. The van der Waals surface area contributed by atoms with E-state index in [0.717, 1.165) is 8.95 Å². The molecule has 0 N–H and O–H groups in total. The summed E-state index contributed by atoms with van der Waals surface area (Å²) >= 11 is 6.78. The van der Waals surface area contributed by atoms with Crippen LogP contribution in [0.25, 0.3) is 0 Å². The summed E-state index contributed by atoms with van der Waals surface area (Å²) in [6, 6.07) is 12.1. The molecule has 1 aliphatic carbocycles. The number of hydrogen-bond acceptors (Lipinski definition) is 5. The van der Waals surface area contributed by atoms with Gasteiger partial charge in [-0.2, -0.15) is 0 Å². The highest BCUT2D eigenvalue weighted by Crippen LogP contribution is 2.80. The Kier molecular flexibility index (Phi) is 4.50. The van der Waals surface area contributed by atoms with E-state index >= 15 is 0 Å². The van der Waals surface area contributed by atoms with Crippen molar-refractivity contribution in [1.82, 2.24) is 0 Å². The van der Waals surface area contributed by atoms with Crippen LogP contribution in [0.3, 0.4) is 0 Å². The van der Waals surface area contributed by atoms with Gasteiger partial charge in [-0.15, -0.1) is 0 Å². The molecule has 0 radical (unpaired) electrons. The summed E-state index contributed by atoms with van der Waals surface area (Å²) in [4.78, 5) is 39.6. The lowest BCUT2D eigenvalue weighted by Crippen LogP contribution is -2.40. The SMILES string of the molecule is CC[C@]1(C(=O)c2ccc(Br)cc2)[C@@H]2c3cc(Br)ccc3OC(=O)[C@@]21C(=O)OC. The molecule has 144 valence electrons. The van der Waals surface area contributed by atoms with Gasteiger partial charge in [-0.3, -0.25) is 14.4 Å². The van der Waals surface area contributed by atoms with Gasteiger partial charge >= 0.3 is 11.9 Å². The van der Waals surface area contributed by atoms with E-state index in [1.54, 1.807) is 42.5 Å². The summed E-state index contributed by atoms with van der Waals surface area (Å²) in [5.74, 6) is -1.99. The molecule has 5 nitrogen and oxygen atoms in total. The van der Waals surface area contributed by atoms with Gasteiger partial charge in [0, 0.05) is 26.0 Å². The van der Waals surface area contributed by atoms with Crippen molar-refractivity contribution >= 4 is 49.6 Å². The number of ketones is 1. The number of benzene rings is 2. The molecule has 7 heteroatoms. The molecule has 0 unspecified atom stereocenters. The third kappa shape index (κ3) is 2.26. The average Bonchev–Trinajstić information content (AvgIpc) is 3.35. The van der Waals surface area contributed by atoms with Gasteiger partial charge < -0.3 is 9.47 Å². The molecule has 0 spiro atoms. The molecule has 1 fully saturated rings. The first kappa shape index (κ1) is 19.3. The Labute approximate surface area is 178 Å². The molecule has 0 aromatic heterocycles. The Morgan fingerprint density at radius 2 is 1.75 bits per heavy atom. The van der Waals surface area contributed by atoms with E-state index in [9.17, 15) is 14.4 Å². The molecular weight excluding hydrogens is 492 g/mol. The van der Waals surface area contributed by atoms with Crippen molar-refractivity contribution in [1.29, 1.82) is 0 Å². The topological polar surface area (TPSA) is 69.7 Å². The van der Waals surface area contributed by atoms with E-state index in [4.69, 9.17) is 9.47 Å². The van der Waals surface area contributed by atoms with E-state index in [1.807, 2.05) is 6.92 Å². The van der Waals surface area contributed by atoms with Crippen LogP contribution in [-0.2, 0) is 14.3 Å². The zero-order chi connectivity index (χ0) is 20.3. The van der Waals surface area contributed by atoms with Crippen LogP contribution in [0.1, 0.15) is 35.2 Å². The lowest BCUT2D eigenvalue weighted by molar-refractivity contribution is -0.160. The van der Waals surface area contributed by atoms with Gasteiger partial charge in [-0.25, -0.2) is 0 Å². The van der Waals surface area contributed by atoms with Crippen molar-refractivity contribution in [2.45, 2.75) is 19.3 Å². The Bertz CT molecular complexity index is 1020. The van der Waals surface area contributed by atoms with Crippen LogP contribution in [-0.4, -0.2) is 24.8 Å². The summed E-state index contributed by atoms with van der Waals surface area (Å²) < 4.78 is 12.1. The van der Waals surface area contributed by atoms with Crippen molar-refractivity contribution < 1.29 is 23.9 Å². The monoisotopic (exact) mass is 506 g/mol. The van der Waals surface area contributed by atoms with E-state index < -0.39 is 28.7 Å². The van der Waals surface area contributed by atoms with E-state index in [1.165, 1.54) is 7.11 Å². The number of esters is 2. The number of fused-ring (bicyclic) bond motifs is 3. The molecule has 2 aliphatic rings. The minimum atomic E-state index is -1.67. The first-order valence-electron chi connectivity index (χ1n) is 8.75. The molecule has 4 rings (SSSR count). The summed E-state index contributed by atoms with van der Waals surface area (Å²) in [6.45, 7) is 1.81. The second-order valence-corrected chi connectivity index (χ2v) is 8.80. The van der Waals surface area contributed by atoms with Gasteiger partial charge in [0.05, 0.1) is 12.5 Å². The number of rotatable bonds is 4. The number of halogens is 2. The van der Waals surface area contributed by atoms with Crippen LogP contribution in [0.4, 0.5) is 0 Å². The average molecular weight is 508 g/mol. The van der Waals surface area contributed by atoms with Gasteiger partial charge in [0.25, 0.3) is 0 Å². The van der Waals surface area contributed by atoms with Crippen LogP contribution in [0, 0.1) is 10.8 Å². The van der Waals surface area contributed by atoms with E-state index in [2.05, 4.69) is 31.9 Å². The van der Waals surface area contributed by atoms with Gasteiger partial charge in [0.15, 0.2) is 11.2 Å². The molecule has 1 heterocycles. The van der Waals surface area contributed by atoms with Crippen LogP contribution in [0.15, 0.2) is 51.4 Å². The lowest BCUT2D eigenvalue weighted by Gasteiger charge is -2.22. The van der Waals surface area contributed by atoms with Crippen molar-refractivity contribution in [3.63, 3.8) is 0 Å². The largest absolute Gasteiger partial charge is 0.468 e. The van der Waals surface area contributed by atoms with Gasteiger partial charge in [-0.05, 0) is 36.8 Å². The van der Waals surface area contributed by atoms with Crippen LogP contribution >= 0.6 is 31.9 Å². The summed E-state index contributed by atoms with van der Waals surface area (Å²) in [5.41, 5.74) is -1.83. The fourth-order valence-electron chi connectivity index (χ4n) is 4.71. The third-order valence-corrected chi connectivity index (χ3v) is 6.95. The summed E-state index contributed by atoms with van der Waals surface area (Å²) in [7, 11) is 1.22. The van der Waals surface area contributed by atoms with Gasteiger partial charge in [-0.1, -0.05) is 50.9 Å². The number of hydrogen-bond donors (Lipinski definition) is 0. The smallest absolute Gasteiger partial charge is 0.330 e. The van der Waals surface area contributed by atoms with Crippen molar-refractivity contribution in [3.8, 4) is 5.75 Å². The van der Waals surface area contributed by atoms with Crippen molar-refractivity contribution in [2.24, 2.45) is 10.8 Å². The van der Waals surface area contributed by atoms with Crippen molar-refractivity contribution in [2.75, 3.05) is 7.11 Å². The normalized spacial score (nSPS) is 27.3. The summed E-state index contributed by atoms with van der Waals surface area (Å²) in [5, 5.41) is 0. The fourth-order valence-corrected chi connectivity index (χ4v) is 5.35. The second kappa shape index (κ2) is 6.52.